The molecule has 1 aliphatic heterocycles. The van der Waals surface area contributed by atoms with Crippen LogP contribution in [0.5, 0.6) is 0 Å². The Morgan fingerprint density at radius 3 is 2.84 bits per heavy atom. The largest absolute Gasteiger partial charge is 0.478 e. The summed E-state index contributed by atoms with van der Waals surface area (Å²) in [6, 6.07) is 6.80. The number of amides is 1. The SMILES string of the molecule is CC(=O)N1CCC[C@H](Cc2cncc(-c3ccccc3C(=O)O)n2)C1. The summed E-state index contributed by atoms with van der Waals surface area (Å²) in [5.41, 5.74) is 2.18. The van der Waals surface area contributed by atoms with Gasteiger partial charge in [-0.3, -0.25) is 9.78 Å². The number of piperidine rings is 1. The van der Waals surface area contributed by atoms with Gasteiger partial charge in [0, 0.05) is 31.8 Å². The van der Waals surface area contributed by atoms with Crippen LogP contribution >= 0.6 is 0 Å². The highest BCUT2D eigenvalue weighted by molar-refractivity contribution is 5.95. The molecular formula is C19H21N3O3. The van der Waals surface area contributed by atoms with Gasteiger partial charge in [0.1, 0.15) is 0 Å². The van der Waals surface area contributed by atoms with Crippen molar-refractivity contribution in [2.24, 2.45) is 5.92 Å². The van der Waals surface area contributed by atoms with Gasteiger partial charge in [-0.05, 0) is 31.2 Å². The van der Waals surface area contributed by atoms with Crippen LogP contribution in [0.25, 0.3) is 11.3 Å². The molecular weight excluding hydrogens is 318 g/mol. The monoisotopic (exact) mass is 339 g/mol. The number of likely N-dealkylation sites (tertiary alicyclic amines) is 1. The Kier molecular flexibility index (Phi) is 5.07. The molecule has 1 fully saturated rings. The first-order chi connectivity index (χ1) is 12.0. The molecule has 1 aromatic carbocycles. The smallest absolute Gasteiger partial charge is 0.336 e. The van der Waals surface area contributed by atoms with Crippen LogP contribution in [0.1, 0.15) is 35.8 Å². The molecule has 2 aromatic rings. The van der Waals surface area contributed by atoms with Crippen LogP contribution in [0.2, 0.25) is 0 Å². The van der Waals surface area contributed by atoms with E-state index in [0.29, 0.717) is 17.2 Å². The van der Waals surface area contributed by atoms with Crippen LogP contribution < -0.4 is 0 Å². The number of carboxylic acid groups (broad SMARTS) is 1. The molecule has 1 amide bonds. The first-order valence-electron chi connectivity index (χ1n) is 8.43. The van der Waals surface area contributed by atoms with Crippen LogP contribution in [0.3, 0.4) is 0 Å². The van der Waals surface area contributed by atoms with Gasteiger partial charge in [0.2, 0.25) is 5.91 Å². The quantitative estimate of drug-likeness (QED) is 0.926. The van der Waals surface area contributed by atoms with Gasteiger partial charge in [-0.15, -0.1) is 0 Å². The number of benzene rings is 1. The number of aromatic carboxylic acids is 1. The van der Waals surface area contributed by atoms with Crippen LogP contribution in [0.4, 0.5) is 0 Å². The maximum atomic E-state index is 11.6. The molecule has 0 unspecified atom stereocenters. The van der Waals surface area contributed by atoms with Crippen molar-refractivity contribution in [3.05, 3.63) is 47.9 Å². The number of carbonyl (C=O) groups is 2. The van der Waals surface area contributed by atoms with Gasteiger partial charge in [-0.1, -0.05) is 18.2 Å². The van der Waals surface area contributed by atoms with Crippen LogP contribution in [0.15, 0.2) is 36.7 Å². The van der Waals surface area contributed by atoms with Crippen molar-refractivity contribution in [1.29, 1.82) is 0 Å². The number of nitrogens with zero attached hydrogens (tertiary/aromatic N) is 3. The number of hydrogen-bond donors (Lipinski definition) is 1. The van der Waals surface area contributed by atoms with E-state index in [4.69, 9.17) is 0 Å². The van der Waals surface area contributed by atoms with Crippen LogP contribution in [-0.4, -0.2) is 44.9 Å². The van der Waals surface area contributed by atoms with E-state index in [1.165, 1.54) is 0 Å². The highest BCUT2D eigenvalue weighted by Crippen LogP contribution is 2.24. The van der Waals surface area contributed by atoms with E-state index >= 15 is 0 Å². The van der Waals surface area contributed by atoms with Gasteiger partial charge in [0.05, 0.1) is 23.1 Å². The van der Waals surface area contributed by atoms with Crippen molar-refractivity contribution in [3.63, 3.8) is 0 Å². The van der Waals surface area contributed by atoms with E-state index in [-0.39, 0.29) is 11.5 Å². The van der Waals surface area contributed by atoms with E-state index < -0.39 is 5.97 Å². The predicted molar refractivity (Wildman–Crippen MR) is 93.1 cm³/mol. The normalized spacial score (nSPS) is 17.3. The third-order valence-electron chi connectivity index (χ3n) is 4.58. The lowest BCUT2D eigenvalue weighted by molar-refractivity contribution is -0.130. The van der Waals surface area contributed by atoms with Crippen LogP contribution in [0, 0.1) is 5.92 Å². The summed E-state index contributed by atoms with van der Waals surface area (Å²) in [6.07, 6.45) is 6.11. The van der Waals surface area contributed by atoms with E-state index in [0.717, 1.165) is 38.0 Å². The summed E-state index contributed by atoms with van der Waals surface area (Å²) < 4.78 is 0. The van der Waals surface area contributed by atoms with Crippen molar-refractivity contribution in [3.8, 4) is 11.3 Å². The third-order valence-corrected chi connectivity index (χ3v) is 4.58. The van der Waals surface area contributed by atoms with Crippen molar-refractivity contribution in [1.82, 2.24) is 14.9 Å². The molecule has 2 heterocycles. The van der Waals surface area contributed by atoms with Crippen LogP contribution in [-0.2, 0) is 11.2 Å². The second kappa shape index (κ2) is 7.42. The van der Waals surface area contributed by atoms with Crippen molar-refractivity contribution in [2.75, 3.05) is 13.1 Å². The lowest BCUT2D eigenvalue weighted by Crippen LogP contribution is -2.39. The molecule has 3 rings (SSSR count). The number of aromatic nitrogens is 2. The summed E-state index contributed by atoms with van der Waals surface area (Å²) >= 11 is 0. The first kappa shape index (κ1) is 17.1. The molecule has 1 aliphatic rings. The summed E-state index contributed by atoms with van der Waals surface area (Å²) in [5.74, 6) is -0.510. The minimum atomic E-state index is -0.979. The zero-order valence-corrected chi connectivity index (χ0v) is 14.2. The molecule has 6 heteroatoms. The Labute approximate surface area is 146 Å². The van der Waals surface area contributed by atoms with Gasteiger partial charge in [0.15, 0.2) is 0 Å². The molecule has 1 saturated heterocycles. The first-order valence-corrected chi connectivity index (χ1v) is 8.43. The molecule has 1 N–H and O–H groups in total. The molecule has 6 nitrogen and oxygen atoms in total. The van der Waals surface area contributed by atoms with Gasteiger partial charge < -0.3 is 10.0 Å². The average Bonchev–Trinajstić information content (AvgIpc) is 2.62. The molecule has 0 spiro atoms. The van der Waals surface area contributed by atoms with Gasteiger partial charge in [0.25, 0.3) is 0 Å². The van der Waals surface area contributed by atoms with E-state index in [1.54, 1.807) is 43.6 Å². The van der Waals surface area contributed by atoms with Crippen molar-refractivity contribution in [2.45, 2.75) is 26.2 Å². The highest BCUT2D eigenvalue weighted by Gasteiger charge is 2.22. The lowest BCUT2D eigenvalue weighted by Gasteiger charge is -2.31. The molecule has 1 atom stereocenters. The fourth-order valence-electron chi connectivity index (χ4n) is 3.34. The summed E-state index contributed by atoms with van der Waals surface area (Å²) in [5, 5.41) is 9.35. The minimum Gasteiger partial charge on any atom is -0.478 e. The zero-order valence-electron chi connectivity index (χ0n) is 14.2. The zero-order chi connectivity index (χ0) is 17.8. The molecule has 0 bridgehead atoms. The molecule has 0 aliphatic carbocycles. The van der Waals surface area contributed by atoms with E-state index in [2.05, 4.69) is 9.97 Å². The topological polar surface area (TPSA) is 83.4 Å². The summed E-state index contributed by atoms with van der Waals surface area (Å²) in [4.78, 5) is 33.7. The van der Waals surface area contributed by atoms with E-state index in [9.17, 15) is 14.7 Å². The highest BCUT2D eigenvalue weighted by atomic mass is 16.4. The molecule has 1 aromatic heterocycles. The second-order valence-corrected chi connectivity index (χ2v) is 6.42. The average molecular weight is 339 g/mol. The number of hydrogen-bond acceptors (Lipinski definition) is 4. The Bertz CT molecular complexity index is 791. The van der Waals surface area contributed by atoms with E-state index in [1.807, 2.05) is 4.90 Å². The third kappa shape index (κ3) is 4.02. The summed E-state index contributed by atoms with van der Waals surface area (Å²) in [6.45, 7) is 3.17. The Morgan fingerprint density at radius 1 is 1.28 bits per heavy atom. The molecule has 0 saturated carbocycles. The maximum absolute atomic E-state index is 11.6. The number of rotatable bonds is 4. The Morgan fingerprint density at radius 2 is 2.08 bits per heavy atom. The molecule has 25 heavy (non-hydrogen) atoms. The Balaban J connectivity index is 1.81. The van der Waals surface area contributed by atoms with Gasteiger partial charge in [-0.2, -0.15) is 0 Å². The standard InChI is InChI=1S/C19H21N3O3/c1-13(23)22-8-4-5-14(12-22)9-15-10-20-11-18(21-15)16-6-2-3-7-17(16)19(24)25/h2-3,6-7,10-11,14H,4-5,8-9,12H2,1H3,(H,24,25)/t14-/m1/s1. The van der Waals surface area contributed by atoms with Crippen molar-refractivity contribution >= 4 is 11.9 Å². The number of carboxylic acids is 1. The maximum Gasteiger partial charge on any atom is 0.336 e. The second-order valence-electron chi connectivity index (χ2n) is 6.42. The minimum absolute atomic E-state index is 0.111. The fourth-order valence-corrected chi connectivity index (χ4v) is 3.34. The Hall–Kier alpha value is -2.76. The van der Waals surface area contributed by atoms with Gasteiger partial charge in [-0.25, -0.2) is 9.78 Å². The predicted octanol–water partition coefficient (Wildman–Crippen LogP) is 2.64. The van der Waals surface area contributed by atoms with Crippen molar-refractivity contribution < 1.29 is 14.7 Å². The lowest BCUT2D eigenvalue weighted by atomic mass is 9.93. The molecule has 0 radical (unpaired) electrons. The summed E-state index contributed by atoms with van der Waals surface area (Å²) in [7, 11) is 0. The fraction of sp³-hybridized carbons (Fsp3) is 0.368. The van der Waals surface area contributed by atoms with Gasteiger partial charge >= 0.3 is 5.97 Å². The molecule has 130 valence electrons. The number of carbonyl (C=O) groups excluding carboxylic acids is 1.